The van der Waals surface area contributed by atoms with Crippen LogP contribution >= 0.6 is 0 Å². The molecule has 1 aliphatic carbocycles. The summed E-state index contributed by atoms with van der Waals surface area (Å²) in [6, 6.07) is 17.2. The van der Waals surface area contributed by atoms with Crippen molar-refractivity contribution in [1.82, 2.24) is 44.8 Å². The van der Waals surface area contributed by atoms with Crippen molar-refractivity contribution in [2.45, 2.75) is 18.9 Å². The summed E-state index contributed by atoms with van der Waals surface area (Å²) < 4.78 is 3.72. The van der Waals surface area contributed by atoms with Crippen molar-refractivity contribution in [3.05, 3.63) is 102 Å². The Morgan fingerprint density at radius 2 is 1.95 bits per heavy atom. The number of nitrogens with one attached hydrogen (secondary N) is 1. The average molecular weight is 515 g/mol. The summed E-state index contributed by atoms with van der Waals surface area (Å²) in [6.45, 7) is 0. The van der Waals surface area contributed by atoms with Crippen molar-refractivity contribution in [3.8, 4) is 22.9 Å². The lowest BCUT2D eigenvalue weighted by molar-refractivity contribution is 0.0936. The highest BCUT2D eigenvalue weighted by atomic mass is 16.1. The van der Waals surface area contributed by atoms with E-state index in [-0.39, 0.29) is 11.9 Å². The van der Waals surface area contributed by atoms with E-state index in [9.17, 15) is 4.79 Å². The molecule has 0 spiro atoms. The third kappa shape index (κ3) is 3.96. The van der Waals surface area contributed by atoms with Crippen molar-refractivity contribution in [2.75, 3.05) is 5.73 Å². The number of amides is 1. The van der Waals surface area contributed by atoms with Gasteiger partial charge in [-0.05, 0) is 72.5 Å². The van der Waals surface area contributed by atoms with Gasteiger partial charge in [-0.15, -0.1) is 0 Å². The molecule has 0 saturated heterocycles. The third-order valence-electron chi connectivity index (χ3n) is 6.92. The van der Waals surface area contributed by atoms with Crippen LogP contribution in [0.3, 0.4) is 0 Å². The predicted molar refractivity (Wildman–Crippen MR) is 144 cm³/mol. The number of carbonyl (C=O) groups is 1. The van der Waals surface area contributed by atoms with E-state index >= 15 is 0 Å². The van der Waals surface area contributed by atoms with Crippen LogP contribution in [-0.4, -0.2) is 45.4 Å². The van der Waals surface area contributed by atoms with Gasteiger partial charge in [-0.1, -0.05) is 6.07 Å². The number of pyridine rings is 2. The number of nitrogen functional groups attached to an aromatic ring is 1. The van der Waals surface area contributed by atoms with Crippen LogP contribution < -0.4 is 11.1 Å². The standard InChI is InChI=1S/C28H22N10O/c29-25-21(3-1-11-30-25)26-34-23-8-9-24(37-14-2-12-33-37)36-27(23)38(26)19-5-6-20-17(15-19)4-7-22(20)35-28(39)18-10-13-31-32-16-18/h1-3,5-6,8-16,22H,4,7H2,(H2,29,30)(H,35,39)/t22-/m0/s1. The lowest BCUT2D eigenvalue weighted by atomic mass is 10.1. The van der Waals surface area contributed by atoms with E-state index in [0.29, 0.717) is 34.2 Å². The first-order valence-electron chi connectivity index (χ1n) is 12.5. The summed E-state index contributed by atoms with van der Waals surface area (Å²) in [7, 11) is 0. The zero-order chi connectivity index (χ0) is 26.3. The van der Waals surface area contributed by atoms with Gasteiger partial charge in [-0.2, -0.15) is 15.3 Å². The summed E-state index contributed by atoms with van der Waals surface area (Å²) in [4.78, 5) is 26.9. The highest BCUT2D eigenvalue weighted by molar-refractivity contribution is 5.94. The highest BCUT2D eigenvalue weighted by Crippen LogP contribution is 2.36. The van der Waals surface area contributed by atoms with Crippen molar-refractivity contribution in [1.29, 1.82) is 0 Å². The van der Waals surface area contributed by atoms with Gasteiger partial charge >= 0.3 is 0 Å². The summed E-state index contributed by atoms with van der Waals surface area (Å²) >= 11 is 0. The summed E-state index contributed by atoms with van der Waals surface area (Å²) in [5, 5.41) is 15.0. The number of rotatable bonds is 5. The van der Waals surface area contributed by atoms with Crippen LogP contribution in [0.2, 0.25) is 0 Å². The zero-order valence-electron chi connectivity index (χ0n) is 20.6. The maximum atomic E-state index is 12.7. The number of hydrogen-bond donors (Lipinski definition) is 2. The summed E-state index contributed by atoms with van der Waals surface area (Å²) in [5.74, 6) is 1.54. The van der Waals surface area contributed by atoms with Crippen molar-refractivity contribution in [3.63, 3.8) is 0 Å². The van der Waals surface area contributed by atoms with E-state index in [1.54, 1.807) is 23.1 Å². The van der Waals surface area contributed by atoms with E-state index in [1.807, 2.05) is 47.2 Å². The molecule has 0 bridgehead atoms. The lowest BCUT2D eigenvalue weighted by Crippen LogP contribution is -2.27. The van der Waals surface area contributed by atoms with Gasteiger partial charge in [0.25, 0.3) is 5.91 Å². The van der Waals surface area contributed by atoms with Gasteiger partial charge < -0.3 is 11.1 Å². The quantitative estimate of drug-likeness (QED) is 0.356. The van der Waals surface area contributed by atoms with Crippen LogP contribution in [0.15, 0.2) is 85.6 Å². The molecule has 0 saturated carbocycles. The molecular formula is C28H22N10O. The van der Waals surface area contributed by atoms with Gasteiger partial charge in [-0.25, -0.2) is 19.6 Å². The Balaban J connectivity index is 1.33. The second-order valence-corrected chi connectivity index (χ2v) is 9.25. The minimum Gasteiger partial charge on any atom is -0.383 e. The molecule has 39 heavy (non-hydrogen) atoms. The van der Waals surface area contributed by atoms with Crippen LogP contribution in [0.5, 0.6) is 0 Å². The van der Waals surface area contributed by atoms with Gasteiger partial charge in [0.05, 0.1) is 29.6 Å². The molecule has 1 aliphatic rings. The number of fused-ring (bicyclic) bond motifs is 2. The second-order valence-electron chi connectivity index (χ2n) is 9.25. The SMILES string of the molecule is Nc1ncccc1-c1nc2ccc(-n3cccn3)nc2n1-c1ccc2c(c1)CC[C@@H]2NC(=O)c1ccnnc1. The Labute approximate surface area is 222 Å². The van der Waals surface area contributed by atoms with Crippen LogP contribution in [0.1, 0.15) is 33.9 Å². The molecule has 1 aromatic carbocycles. The maximum Gasteiger partial charge on any atom is 0.253 e. The topological polar surface area (TPSA) is 142 Å². The monoisotopic (exact) mass is 514 g/mol. The second kappa shape index (κ2) is 9.14. The molecule has 1 atom stereocenters. The first kappa shape index (κ1) is 22.7. The number of aryl methyl sites for hydroxylation is 1. The first-order chi connectivity index (χ1) is 19.2. The number of nitrogens with zero attached hydrogens (tertiary/aromatic N) is 8. The molecule has 0 unspecified atom stereocenters. The van der Waals surface area contributed by atoms with Crippen LogP contribution in [0.4, 0.5) is 5.82 Å². The highest BCUT2D eigenvalue weighted by Gasteiger charge is 2.26. The number of anilines is 1. The number of aromatic nitrogens is 8. The Hall–Kier alpha value is -5.45. The molecule has 3 N–H and O–H groups in total. The molecule has 0 aliphatic heterocycles. The van der Waals surface area contributed by atoms with Crippen LogP contribution in [0.25, 0.3) is 34.1 Å². The van der Waals surface area contributed by atoms with E-state index in [2.05, 4.69) is 37.7 Å². The molecule has 1 amide bonds. The molecule has 5 aromatic heterocycles. The maximum absolute atomic E-state index is 12.7. The molecule has 11 heteroatoms. The minimum absolute atomic E-state index is 0.0905. The molecule has 0 radical (unpaired) electrons. The molecule has 0 fully saturated rings. The first-order valence-corrected chi connectivity index (χ1v) is 12.5. The van der Waals surface area contributed by atoms with E-state index in [1.165, 1.54) is 12.4 Å². The average Bonchev–Trinajstić information content (AvgIpc) is 3.72. The lowest BCUT2D eigenvalue weighted by Gasteiger charge is -2.15. The van der Waals surface area contributed by atoms with E-state index < -0.39 is 0 Å². The number of hydrogen-bond acceptors (Lipinski definition) is 8. The fourth-order valence-electron chi connectivity index (χ4n) is 5.07. The van der Waals surface area contributed by atoms with Gasteiger partial charge in [0, 0.05) is 24.3 Å². The summed E-state index contributed by atoms with van der Waals surface area (Å²) in [5.41, 5.74) is 12.0. The predicted octanol–water partition coefficient (Wildman–Crippen LogP) is 3.46. The normalized spacial score (nSPS) is 14.4. The zero-order valence-corrected chi connectivity index (χ0v) is 20.6. The number of nitrogens with two attached hydrogens (primary N) is 1. The number of imidazole rings is 1. The Bertz CT molecular complexity index is 1830. The molecule has 190 valence electrons. The Kier molecular flexibility index (Phi) is 5.32. The number of benzene rings is 1. The smallest absolute Gasteiger partial charge is 0.253 e. The van der Waals surface area contributed by atoms with E-state index in [4.69, 9.17) is 15.7 Å². The van der Waals surface area contributed by atoms with E-state index in [0.717, 1.165) is 35.2 Å². The molecule has 11 nitrogen and oxygen atoms in total. The fraction of sp³-hybridized carbons (Fsp3) is 0.107. The van der Waals surface area contributed by atoms with Crippen molar-refractivity contribution in [2.24, 2.45) is 0 Å². The largest absolute Gasteiger partial charge is 0.383 e. The van der Waals surface area contributed by atoms with Crippen molar-refractivity contribution < 1.29 is 4.79 Å². The van der Waals surface area contributed by atoms with Crippen molar-refractivity contribution >= 4 is 22.9 Å². The summed E-state index contributed by atoms with van der Waals surface area (Å²) in [6.07, 6.45) is 9.83. The minimum atomic E-state index is -0.169. The molecule has 5 heterocycles. The Morgan fingerprint density at radius 3 is 2.77 bits per heavy atom. The van der Waals surface area contributed by atoms with Crippen LogP contribution in [-0.2, 0) is 6.42 Å². The van der Waals surface area contributed by atoms with Gasteiger partial charge in [0.1, 0.15) is 11.3 Å². The Morgan fingerprint density at radius 1 is 1.00 bits per heavy atom. The molecular weight excluding hydrogens is 492 g/mol. The van der Waals surface area contributed by atoms with Crippen LogP contribution in [0, 0.1) is 0 Å². The fourth-order valence-corrected chi connectivity index (χ4v) is 5.07. The number of carbonyl (C=O) groups excluding carboxylic acids is 1. The third-order valence-corrected chi connectivity index (χ3v) is 6.92. The van der Waals surface area contributed by atoms with Gasteiger partial charge in [0.15, 0.2) is 17.3 Å². The molecule has 7 rings (SSSR count). The van der Waals surface area contributed by atoms with Gasteiger partial charge in [-0.3, -0.25) is 9.36 Å². The van der Waals surface area contributed by atoms with Gasteiger partial charge in [0.2, 0.25) is 0 Å². The molecule has 6 aromatic rings.